The Morgan fingerprint density at radius 3 is 3.09 bits per heavy atom. The molecule has 0 saturated heterocycles. The summed E-state index contributed by atoms with van der Waals surface area (Å²) in [7, 11) is 0. The van der Waals surface area contributed by atoms with E-state index in [1.165, 1.54) is 0 Å². The van der Waals surface area contributed by atoms with Gasteiger partial charge < -0.3 is 10.2 Å². The average Bonchev–Trinajstić information content (AvgIpc) is 2.52. The highest BCUT2D eigenvalue weighted by atomic mass is 16.3. The molecule has 0 spiro atoms. The summed E-state index contributed by atoms with van der Waals surface area (Å²) in [5.41, 5.74) is 5.51. The summed E-state index contributed by atoms with van der Waals surface area (Å²) in [5, 5.41) is 0. The molecule has 1 heterocycles. The van der Waals surface area contributed by atoms with Crippen molar-refractivity contribution in [3.63, 3.8) is 0 Å². The van der Waals surface area contributed by atoms with Crippen molar-refractivity contribution in [1.29, 1.82) is 0 Å². The molecule has 0 radical (unpaired) electrons. The zero-order valence-electron chi connectivity index (χ0n) is 6.29. The Kier molecular flexibility index (Phi) is 2.76. The number of furan rings is 1. The Hall–Kier alpha value is -1.20. The van der Waals surface area contributed by atoms with E-state index in [4.69, 9.17) is 16.6 Å². The lowest BCUT2D eigenvalue weighted by Gasteiger charge is -2.00. The highest BCUT2D eigenvalue weighted by Gasteiger charge is 1.99. The van der Waals surface area contributed by atoms with Crippen molar-refractivity contribution in [2.75, 3.05) is 0 Å². The molecule has 11 heavy (non-hydrogen) atoms. The maximum atomic E-state index is 5.51. The van der Waals surface area contributed by atoms with E-state index >= 15 is 0 Å². The first-order valence-corrected chi connectivity index (χ1v) is 3.57. The largest absolute Gasteiger partial charge is 0.469 e. The molecule has 1 rings (SSSR count). The van der Waals surface area contributed by atoms with E-state index in [1.807, 2.05) is 12.1 Å². The van der Waals surface area contributed by atoms with Crippen LogP contribution in [0.5, 0.6) is 0 Å². The summed E-state index contributed by atoms with van der Waals surface area (Å²) in [6.07, 6.45) is 8.36. The summed E-state index contributed by atoms with van der Waals surface area (Å²) in [5.74, 6) is 3.40. The van der Waals surface area contributed by atoms with Crippen molar-refractivity contribution in [2.45, 2.75) is 18.9 Å². The number of terminal acetylenes is 1. The fourth-order valence-electron chi connectivity index (χ4n) is 0.836. The predicted molar refractivity (Wildman–Crippen MR) is 43.8 cm³/mol. The smallest absolute Gasteiger partial charge is 0.103 e. The molecule has 0 aliphatic rings. The highest BCUT2D eigenvalue weighted by Crippen LogP contribution is 2.04. The van der Waals surface area contributed by atoms with Gasteiger partial charge in [0.1, 0.15) is 5.76 Å². The number of hydrogen-bond acceptors (Lipinski definition) is 2. The van der Waals surface area contributed by atoms with E-state index in [0.717, 1.165) is 18.6 Å². The minimum absolute atomic E-state index is 0.153. The van der Waals surface area contributed by atoms with E-state index in [2.05, 4.69) is 5.92 Å². The third-order valence-corrected chi connectivity index (χ3v) is 1.50. The van der Waals surface area contributed by atoms with Gasteiger partial charge in [0, 0.05) is 6.42 Å². The van der Waals surface area contributed by atoms with Crippen LogP contribution in [0.4, 0.5) is 0 Å². The molecule has 1 unspecified atom stereocenters. The number of nitrogens with two attached hydrogens (primary N) is 1. The van der Waals surface area contributed by atoms with Gasteiger partial charge in [0.2, 0.25) is 0 Å². The zero-order valence-corrected chi connectivity index (χ0v) is 6.29. The molecular weight excluding hydrogens is 138 g/mol. The lowest BCUT2D eigenvalue weighted by atomic mass is 10.1. The highest BCUT2D eigenvalue weighted by molar-refractivity contribution is 5.02. The second kappa shape index (κ2) is 3.85. The zero-order chi connectivity index (χ0) is 8.10. The first-order valence-electron chi connectivity index (χ1n) is 3.57. The molecule has 1 aromatic heterocycles. The van der Waals surface area contributed by atoms with Crippen molar-refractivity contribution in [2.24, 2.45) is 5.73 Å². The van der Waals surface area contributed by atoms with Crippen LogP contribution in [0.2, 0.25) is 0 Å². The molecule has 0 amide bonds. The van der Waals surface area contributed by atoms with Crippen LogP contribution in [0.25, 0.3) is 0 Å². The number of aryl methyl sites for hydroxylation is 1. The van der Waals surface area contributed by atoms with Gasteiger partial charge in [-0.15, -0.1) is 6.42 Å². The first kappa shape index (κ1) is 7.90. The van der Waals surface area contributed by atoms with Crippen molar-refractivity contribution in [1.82, 2.24) is 0 Å². The van der Waals surface area contributed by atoms with E-state index in [0.29, 0.717) is 0 Å². The van der Waals surface area contributed by atoms with Gasteiger partial charge in [-0.25, -0.2) is 0 Å². The Morgan fingerprint density at radius 1 is 1.73 bits per heavy atom. The molecule has 0 aliphatic carbocycles. The van der Waals surface area contributed by atoms with Crippen molar-refractivity contribution >= 4 is 0 Å². The maximum absolute atomic E-state index is 5.51. The quantitative estimate of drug-likeness (QED) is 0.655. The second-order valence-electron chi connectivity index (χ2n) is 2.39. The fourth-order valence-corrected chi connectivity index (χ4v) is 0.836. The molecule has 2 nitrogen and oxygen atoms in total. The van der Waals surface area contributed by atoms with E-state index < -0.39 is 0 Å². The summed E-state index contributed by atoms with van der Waals surface area (Å²) >= 11 is 0. The van der Waals surface area contributed by atoms with Gasteiger partial charge in [-0.3, -0.25) is 0 Å². The second-order valence-corrected chi connectivity index (χ2v) is 2.39. The van der Waals surface area contributed by atoms with Gasteiger partial charge in [-0.2, -0.15) is 0 Å². The van der Waals surface area contributed by atoms with Gasteiger partial charge in [0.15, 0.2) is 0 Å². The van der Waals surface area contributed by atoms with Crippen molar-refractivity contribution in [3.05, 3.63) is 24.2 Å². The normalized spacial score (nSPS) is 12.4. The summed E-state index contributed by atoms with van der Waals surface area (Å²) in [4.78, 5) is 0. The van der Waals surface area contributed by atoms with Crippen LogP contribution in [0.3, 0.4) is 0 Å². The van der Waals surface area contributed by atoms with Crippen molar-refractivity contribution in [3.8, 4) is 12.3 Å². The van der Waals surface area contributed by atoms with Crippen LogP contribution in [0.1, 0.15) is 12.2 Å². The monoisotopic (exact) mass is 149 g/mol. The minimum atomic E-state index is -0.153. The fraction of sp³-hybridized carbons (Fsp3) is 0.333. The van der Waals surface area contributed by atoms with Gasteiger partial charge in [0.25, 0.3) is 0 Å². The Labute approximate surface area is 66.4 Å². The average molecular weight is 149 g/mol. The first-order chi connectivity index (χ1) is 5.33. The molecule has 0 saturated carbocycles. The van der Waals surface area contributed by atoms with Gasteiger partial charge in [0.05, 0.1) is 12.3 Å². The summed E-state index contributed by atoms with van der Waals surface area (Å²) < 4.78 is 5.10. The maximum Gasteiger partial charge on any atom is 0.103 e. The predicted octanol–water partition coefficient (Wildman–Crippen LogP) is 1.17. The summed E-state index contributed by atoms with van der Waals surface area (Å²) in [6, 6.07) is 3.63. The molecular formula is C9H11NO. The van der Waals surface area contributed by atoms with Crippen molar-refractivity contribution < 1.29 is 4.42 Å². The lowest BCUT2D eigenvalue weighted by molar-refractivity contribution is 0.497. The Bertz CT molecular complexity index is 233. The Balaban J connectivity index is 2.30. The van der Waals surface area contributed by atoms with Crippen LogP contribution in [-0.4, -0.2) is 6.04 Å². The van der Waals surface area contributed by atoms with E-state index in [9.17, 15) is 0 Å². The van der Waals surface area contributed by atoms with Gasteiger partial charge in [-0.1, -0.05) is 5.92 Å². The molecule has 0 bridgehead atoms. The molecule has 1 atom stereocenters. The third-order valence-electron chi connectivity index (χ3n) is 1.50. The lowest BCUT2D eigenvalue weighted by Crippen LogP contribution is -2.17. The minimum Gasteiger partial charge on any atom is -0.469 e. The molecule has 58 valence electrons. The molecule has 1 aromatic rings. The molecule has 0 fully saturated rings. The van der Waals surface area contributed by atoms with Crippen LogP contribution in [0.15, 0.2) is 22.8 Å². The third kappa shape index (κ3) is 2.48. The number of rotatable bonds is 3. The van der Waals surface area contributed by atoms with Crippen LogP contribution >= 0.6 is 0 Å². The standard InChI is InChI=1S/C9H11NO/c1-2-8(10)5-6-9-4-3-7-11-9/h1,3-4,7-8H,5-6,10H2. The van der Waals surface area contributed by atoms with E-state index in [-0.39, 0.29) is 6.04 Å². The van der Waals surface area contributed by atoms with E-state index in [1.54, 1.807) is 6.26 Å². The molecule has 0 aromatic carbocycles. The topological polar surface area (TPSA) is 39.2 Å². The molecule has 2 N–H and O–H groups in total. The SMILES string of the molecule is C#CC(N)CCc1ccco1. The summed E-state index contributed by atoms with van der Waals surface area (Å²) in [6.45, 7) is 0. The molecule has 2 heteroatoms. The van der Waals surface area contributed by atoms with Gasteiger partial charge in [-0.05, 0) is 18.6 Å². The number of hydrogen-bond donors (Lipinski definition) is 1. The molecule has 0 aliphatic heterocycles. The van der Waals surface area contributed by atoms with Crippen LogP contribution in [-0.2, 0) is 6.42 Å². The van der Waals surface area contributed by atoms with Crippen LogP contribution in [0, 0.1) is 12.3 Å². The Morgan fingerprint density at radius 2 is 2.55 bits per heavy atom. The van der Waals surface area contributed by atoms with Gasteiger partial charge >= 0.3 is 0 Å². The van der Waals surface area contributed by atoms with Crippen LogP contribution < -0.4 is 5.73 Å².